The first-order chi connectivity index (χ1) is 9.79. The van der Waals surface area contributed by atoms with Gasteiger partial charge < -0.3 is 5.32 Å². The number of hydrogen-bond donors (Lipinski definition) is 2. The minimum absolute atomic E-state index is 0.0161. The van der Waals surface area contributed by atoms with Crippen LogP contribution in [-0.2, 0) is 10.0 Å². The van der Waals surface area contributed by atoms with Gasteiger partial charge in [0.25, 0.3) is 0 Å². The van der Waals surface area contributed by atoms with Crippen LogP contribution in [0.4, 0.5) is 14.5 Å². The van der Waals surface area contributed by atoms with E-state index in [1.165, 1.54) is 36.4 Å². The van der Waals surface area contributed by atoms with Gasteiger partial charge in [-0.05, 0) is 37.3 Å². The fourth-order valence-corrected chi connectivity index (χ4v) is 2.44. The Morgan fingerprint density at radius 3 is 2.29 bits per heavy atom. The lowest BCUT2D eigenvalue weighted by Gasteiger charge is -2.16. The summed E-state index contributed by atoms with van der Waals surface area (Å²) in [7, 11) is -3.75. The highest BCUT2D eigenvalue weighted by Gasteiger charge is 2.14. The third-order valence-corrected chi connectivity index (χ3v) is 3.94. The highest BCUT2D eigenvalue weighted by atomic mass is 32.2. The maximum atomic E-state index is 13.7. The monoisotopic (exact) mass is 312 g/mol. The molecule has 1 unspecified atom stereocenters. The summed E-state index contributed by atoms with van der Waals surface area (Å²) >= 11 is 0. The topological polar surface area (TPSA) is 72.2 Å². The molecule has 0 saturated heterocycles. The number of anilines is 1. The van der Waals surface area contributed by atoms with Crippen molar-refractivity contribution >= 4 is 15.7 Å². The Labute approximate surface area is 121 Å². The zero-order valence-electron chi connectivity index (χ0n) is 11.2. The van der Waals surface area contributed by atoms with E-state index in [9.17, 15) is 17.2 Å². The van der Waals surface area contributed by atoms with Crippen LogP contribution in [0.1, 0.15) is 18.5 Å². The standard InChI is InChI=1S/C14H14F2N2O2S/c1-9(12-3-2-4-13(15)14(12)16)18-10-5-7-11(8-6-10)21(17,19)20/h2-9,18H,1H3,(H2,17,19,20). The molecule has 0 radical (unpaired) electrons. The molecule has 0 aliphatic carbocycles. The van der Waals surface area contributed by atoms with Crippen molar-refractivity contribution < 1.29 is 17.2 Å². The number of benzene rings is 2. The van der Waals surface area contributed by atoms with Crippen LogP contribution >= 0.6 is 0 Å². The lowest BCUT2D eigenvalue weighted by molar-refractivity contribution is 0.494. The summed E-state index contributed by atoms with van der Waals surface area (Å²) in [5.41, 5.74) is 0.754. The van der Waals surface area contributed by atoms with Crippen molar-refractivity contribution in [3.63, 3.8) is 0 Å². The Morgan fingerprint density at radius 1 is 1.10 bits per heavy atom. The molecule has 0 aliphatic heterocycles. The van der Waals surface area contributed by atoms with Gasteiger partial charge in [-0.1, -0.05) is 12.1 Å². The summed E-state index contributed by atoms with van der Waals surface area (Å²) in [5.74, 6) is -1.82. The van der Waals surface area contributed by atoms with Crippen LogP contribution in [0.2, 0.25) is 0 Å². The maximum Gasteiger partial charge on any atom is 0.238 e. The predicted molar refractivity (Wildman–Crippen MR) is 76.2 cm³/mol. The van der Waals surface area contributed by atoms with Gasteiger partial charge in [-0.15, -0.1) is 0 Å². The molecule has 0 heterocycles. The first kappa shape index (κ1) is 15.4. The fraction of sp³-hybridized carbons (Fsp3) is 0.143. The van der Waals surface area contributed by atoms with Crippen molar-refractivity contribution in [2.75, 3.05) is 5.32 Å². The molecule has 3 N–H and O–H groups in total. The Morgan fingerprint density at radius 2 is 1.71 bits per heavy atom. The average Bonchev–Trinajstić information content (AvgIpc) is 2.41. The third kappa shape index (κ3) is 3.56. The number of hydrogen-bond acceptors (Lipinski definition) is 3. The van der Waals surface area contributed by atoms with Gasteiger partial charge in [0.15, 0.2) is 11.6 Å². The number of halogens is 2. The molecule has 0 aromatic heterocycles. The maximum absolute atomic E-state index is 13.7. The Balaban J connectivity index is 2.20. The zero-order chi connectivity index (χ0) is 15.6. The van der Waals surface area contributed by atoms with Crippen molar-refractivity contribution in [2.45, 2.75) is 17.9 Å². The number of rotatable bonds is 4. The first-order valence-corrected chi connectivity index (χ1v) is 7.67. The molecule has 112 valence electrons. The summed E-state index contributed by atoms with van der Waals surface area (Å²) in [6.45, 7) is 1.67. The van der Waals surface area contributed by atoms with Gasteiger partial charge in [-0.3, -0.25) is 0 Å². The smallest absolute Gasteiger partial charge is 0.238 e. The second-order valence-corrected chi connectivity index (χ2v) is 6.14. The number of primary sulfonamides is 1. The fourth-order valence-electron chi connectivity index (χ4n) is 1.92. The van der Waals surface area contributed by atoms with Gasteiger partial charge in [-0.2, -0.15) is 0 Å². The molecule has 2 aromatic carbocycles. The van der Waals surface area contributed by atoms with Gasteiger partial charge in [0.1, 0.15) is 0 Å². The van der Waals surface area contributed by atoms with Crippen LogP contribution in [0.3, 0.4) is 0 Å². The van der Waals surface area contributed by atoms with E-state index in [-0.39, 0.29) is 10.5 Å². The molecule has 21 heavy (non-hydrogen) atoms. The van der Waals surface area contributed by atoms with Crippen molar-refractivity contribution in [3.8, 4) is 0 Å². The minimum Gasteiger partial charge on any atom is -0.378 e. The molecule has 2 rings (SSSR count). The van der Waals surface area contributed by atoms with E-state index in [4.69, 9.17) is 5.14 Å². The molecule has 0 fully saturated rings. The van der Waals surface area contributed by atoms with E-state index >= 15 is 0 Å². The Bertz CT molecular complexity index is 746. The van der Waals surface area contributed by atoms with Crippen LogP contribution in [0, 0.1) is 11.6 Å². The molecular formula is C14H14F2N2O2S. The van der Waals surface area contributed by atoms with E-state index < -0.39 is 27.7 Å². The lowest BCUT2D eigenvalue weighted by Crippen LogP contribution is -2.12. The SMILES string of the molecule is CC(Nc1ccc(S(N)(=O)=O)cc1)c1cccc(F)c1F. The summed E-state index contributed by atoms with van der Waals surface area (Å²) in [4.78, 5) is -0.0161. The Kier molecular flexibility index (Phi) is 4.24. The number of nitrogens with two attached hydrogens (primary N) is 1. The average molecular weight is 312 g/mol. The van der Waals surface area contributed by atoms with Crippen molar-refractivity contribution in [3.05, 3.63) is 59.7 Å². The first-order valence-electron chi connectivity index (χ1n) is 6.12. The molecule has 0 spiro atoms. The Hall–Kier alpha value is -1.99. The van der Waals surface area contributed by atoms with Crippen LogP contribution in [0.5, 0.6) is 0 Å². The molecule has 4 nitrogen and oxygen atoms in total. The summed E-state index contributed by atoms with van der Waals surface area (Å²) in [5, 5.41) is 7.96. The predicted octanol–water partition coefficient (Wildman–Crippen LogP) is 2.79. The van der Waals surface area contributed by atoms with Crippen molar-refractivity contribution in [2.24, 2.45) is 5.14 Å². The van der Waals surface area contributed by atoms with Gasteiger partial charge in [0.05, 0.1) is 10.9 Å². The third-order valence-electron chi connectivity index (χ3n) is 3.01. The zero-order valence-corrected chi connectivity index (χ0v) is 12.0. The second-order valence-electron chi connectivity index (χ2n) is 4.58. The van der Waals surface area contributed by atoms with Crippen LogP contribution in [-0.4, -0.2) is 8.42 Å². The summed E-state index contributed by atoms with van der Waals surface area (Å²) < 4.78 is 49.1. The van der Waals surface area contributed by atoms with E-state index in [0.29, 0.717) is 5.69 Å². The molecule has 7 heteroatoms. The van der Waals surface area contributed by atoms with Gasteiger partial charge >= 0.3 is 0 Å². The minimum atomic E-state index is -3.75. The van der Waals surface area contributed by atoms with E-state index in [1.54, 1.807) is 6.92 Å². The quantitative estimate of drug-likeness (QED) is 0.912. The highest BCUT2D eigenvalue weighted by molar-refractivity contribution is 7.89. The largest absolute Gasteiger partial charge is 0.378 e. The molecule has 0 aliphatic rings. The van der Waals surface area contributed by atoms with E-state index in [0.717, 1.165) is 6.07 Å². The van der Waals surface area contributed by atoms with Crippen molar-refractivity contribution in [1.82, 2.24) is 0 Å². The van der Waals surface area contributed by atoms with Gasteiger partial charge in [-0.25, -0.2) is 22.3 Å². The van der Waals surface area contributed by atoms with Crippen LogP contribution in [0.15, 0.2) is 47.4 Å². The normalized spacial score (nSPS) is 13.0. The molecular weight excluding hydrogens is 298 g/mol. The number of nitrogens with one attached hydrogen (secondary N) is 1. The number of sulfonamides is 1. The molecule has 2 aromatic rings. The van der Waals surface area contributed by atoms with Crippen molar-refractivity contribution in [1.29, 1.82) is 0 Å². The molecule has 0 saturated carbocycles. The van der Waals surface area contributed by atoms with Crippen LogP contribution in [0.25, 0.3) is 0 Å². The second kappa shape index (κ2) is 5.79. The molecule has 1 atom stereocenters. The summed E-state index contributed by atoms with van der Waals surface area (Å²) in [6, 6.07) is 9.16. The van der Waals surface area contributed by atoms with Gasteiger partial charge in [0, 0.05) is 11.3 Å². The van der Waals surface area contributed by atoms with E-state index in [1.807, 2.05) is 0 Å². The molecule has 0 bridgehead atoms. The molecule has 0 amide bonds. The summed E-state index contributed by atoms with van der Waals surface area (Å²) in [6.07, 6.45) is 0. The highest BCUT2D eigenvalue weighted by Crippen LogP contribution is 2.23. The lowest BCUT2D eigenvalue weighted by atomic mass is 10.1. The van der Waals surface area contributed by atoms with Gasteiger partial charge in [0.2, 0.25) is 10.0 Å². The van der Waals surface area contributed by atoms with E-state index in [2.05, 4.69) is 5.32 Å². The van der Waals surface area contributed by atoms with Crippen LogP contribution < -0.4 is 10.5 Å².